The average molecular weight is 256 g/mol. The van der Waals surface area contributed by atoms with Gasteiger partial charge in [-0.05, 0) is 6.92 Å². The molecule has 17 heavy (non-hydrogen) atoms. The minimum Gasteiger partial charge on any atom is -0.395 e. The van der Waals surface area contributed by atoms with Crippen molar-refractivity contribution in [1.82, 2.24) is 9.47 Å². The van der Waals surface area contributed by atoms with Gasteiger partial charge in [-0.25, -0.2) is 0 Å². The van der Waals surface area contributed by atoms with Gasteiger partial charge in [0.25, 0.3) is 0 Å². The van der Waals surface area contributed by atoms with E-state index in [9.17, 15) is 9.59 Å². The van der Waals surface area contributed by atoms with E-state index in [4.69, 9.17) is 5.11 Å². The van der Waals surface area contributed by atoms with Crippen LogP contribution < -0.4 is 4.87 Å². The molecule has 0 atom stereocenters. The summed E-state index contributed by atoms with van der Waals surface area (Å²) in [5.74, 6) is -0.192. The first kappa shape index (κ1) is 13.7. The molecule has 0 radical (unpaired) electrons. The number of thiazole rings is 1. The Kier molecular flexibility index (Phi) is 5.11. The van der Waals surface area contributed by atoms with Gasteiger partial charge in [0, 0.05) is 24.2 Å². The molecular weight excluding hydrogens is 240 g/mol. The zero-order valence-corrected chi connectivity index (χ0v) is 10.6. The van der Waals surface area contributed by atoms with E-state index in [1.807, 2.05) is 0 Å². The Bertz CT molecular complexity index is 450. The number of aliphatic hydroxyl groups is 1. The van der Waals surface area contributed by atoms with E-state index in [1.54, 1.807) is 18.4 Å². The van der Waals surface area contributed by atoms with Crippen LogP contribution in [-0.2, 0) is 11.3 Å². The van der Waals surface area contributed by atoms with Crippen molar-refractivity contribution in [3.05, 3.63) is 33.4 Å². The van der Waals surface area contributed by atoms with Gasteiger partial charge >= 0.3 is 4.87 Å². The van der Waals surface area contributed by atoms with Gasteiger partial charge in [0.05, 0.1) is 6.61 Å². The summed E-state index contributed by atoms with van der Waals surface area (Å²) in [5, 5.41) is 10.6. The molecule has 1 amide bonds. The number of aryl methyl sites for hydroxylation is 1. The summed E-state index contributed by atoms with van der Waals surface area (Å²) < 4.78 is 1.43. The number of aliphatic hydroxyl groups excluding tert-OH is 1. The molecule has 0 fully saturated rings. The van der Waals surface area contributed by atoms with Crippen LogP contribution in [0.5, 0.6) is 0 Å². The third kappa shape index (κ3) is 3.54. The highest BCUT2D eigenvalue weighted by molar-refractivity contribution is 7.07. The minimum absolute atomic E-state index is 0.0159. The molecule has 0 aliphatic rings. The van der Waals surface area contributed by atoms with E-state index >= 15 is 0 Å². The van der Waals surface area contributed by atoms with Crippen molar-refractivity contribution in [2.75, 3.05) is 19.7 Å². The highest BCUT2D eigenvalue weighted by atomic mass is 32.1. The second-order valence-corrected chi connectivity index (χ2v) is 4.40. The molecule has 0 aliphatic carbocycles. The van der Waals surface area contributed by atoms with Crippen LogP contribution in [0.25, 0.3) is 0 Å². The first-order valence-corrected chi connectivity index (χ1v) is 6.12. The Morgan fingerprint density at radius 2 is 2.41 bits per heavy atom. The molecule has 6 heteroatoms. The summed E-state index contributed by atoms with van der Waals surface area (Å²) >= 11 is 1.08. The number of rotatable bonds is 6. The van der Waals surface area contributed by atoms with Gasteiger partial charge in [-0.3, -0.25) is 14.2 Å². The Labute approximate surface area is 104 Å². The number of nitrogens with zero attached hydrogens (tertiary/aromatic N) is 2. The third-order valence-electron chi connectivity index (χ3n) is 2.34. The predicted molar refractivity (Wildman–Crippen MR) is 67.2 cm³/mol. The van der Waals surface area contributed by atoms with Gasteiger partial charge in [-0.2, -0.15) is 0 Å². The molecule has 1 aromatic rings. The molecule has 1 heterocycles. The molecule has 94 valence electrons. The van der Waals surface area contributed by atoms with Gasteiger partial charge in [0.15, 0.2) is 0 Å². The van der Waals surface area contributed by atoms with Crippen molar-refractivity contribution in [2.45, 2.75) is 13.5 Å². The SMILES string of the molecule is C=CCN(CCO)C(=O)Cn1c(C)csc1=O. The normalized spacial score (nSPS) is 10.2. The number of amides is 1. The number of aromatic nitrogens is 1. The maximum absolute atomic E-state index is 11.9. The number of carbonyl (C=O) groups excluding carboxylic acids is 1. The molecule has 1 rings (SSSR count). The van der Waals surface area contributed by atoms with E-state index in [0.29, 0.717) is 6.54 Å². The lowest BCUT2D eigenvalue weighted by molar-refractivity contribution is -0.131. The molecule has 0 bridgehead atoms. The van der Waals surface area contributed by atoms with Crippen molar-refractivity contribution >= 4 is 17.2 Å². The van der Waals surface area contributed by atoms with Gasteiger partial charge in [0.1, 0.15) is 6.54 Å². The van der Waals surface area contributed by atoms with E-state index in [0.717, 1.165) is 17.0 Å². The van der Waals surface area contributed by atoms with Crippen molar-refractivity contribution < 1.29 is 9.90 Å². The van der Waals surface area contributed by atoms with Gasteiger partial charge in [-0.15, -0.1) is 6.58 Å². The molecular formula is C11H16N2O3S. The van der Waals surface area contributed by atoms with Crippen molar-refractivity contribution in [3.8, 4) is 0 Å². The molecule has 0 aromatic carbocycles. The lowest BCUT2D eigenvalue weighted by Gasteiger charge is -2.20. The second-order valence-electron chi connectivity index (χ2n) is 3.58. The minimum atomic E-state index is -0.192. The summed E-state index contributed by atoms with van der Waals surface area (Å²) in [6.07, 6.45) is 1.59. The van der Waals surface area contributed by atoms with Crippen molar-refractivity contribution in [3.63, 3.8) is 0 Å². The van der Waals surface area contributed by atoms with E-state index < -0.39 is 0 Å². The Balaban J connectivity index is 2.76. The molecule has 0 saturated carbocycles. The van der Waals surface area contributed by atoms with Crippen LogP contribution in [0.4, 0.5) is 0 Å². The highest BCUT2D eigenvalue weighted by Gasteiger charge is 2.14. The number of hydrogen-bond donors (Lipinski definition) is 1. The molecule has 1 N–H and O–H groups in total. The first-order valence-electron chi connectivity index (χ1n) is 5.24. The fourth-order valence-corrected chi connectivity index (χ4v) is 2.16. The number of carbonyl (C=O) groups is 1. The van der Waals surface area contributed by atoms with Gasteiger partial charge in [0.2, 0.25) is 5.91 Å². The zero-order valence-electron chi connectivity index (χ0n) is 9.76. The first-order chi connectivity index (χ1) is 8.10. The Morgan fingerprint density at radius 3 is 2.88 bits per heavy atom. The van der Waals surface area contributed by atoms with Crippen LogP contribution >= 0.6 is 11.3 Å². The summed E-state index contributed by atoms with van der Waals surface area (Å²) in [7, 11) is 0. The maximum atomic E-state index is 11.9. The quantitative estimate of drug-likeness (QED) is 0.741. The standard InChI is InChI=1S/C11H16N2O3S/c1-3-4-12(5-6-14)10(15)7-13-9(2)8-17-11(13)16/h3,8,14H,1,4-7H2,2H3. The predicted octanol–water partition coefficient (Wildman–Crippen LogP) is 0.225. The van der Waals surface area contributed by atoms with Crippen LogP contribution in [0, 0.1) is 6.92 Å². The van der Waals surface area contributed by atoms with Crippen LogP contribution in [-0.4, -0.2) is 40.2 Å². The summed E-state index contributed by atoms with van der Waals surface area (Å²) in [5.41, 5.74) is 0.774. The Morgan fingerprint density at radius 1 is 1.71 bits per heavy atom. The molecule has 0 aliphatic heterocycles. The second kappa shape index (κ2) is 6.36. The fourth-order valence-electron chi connectivity index (χ4n) is 1.43. The third-order valence-corrected chi connectivity index (χ3v) is 3.22. The molecule has 0 saturated heterocycles. The highest BCUT2D eigenvalue weighted by Crippen LogP contribution is 2.01. The summed E-state index contributed by atoms with van der Waals surface area (Å²) in [4.78, 5) is 24.7. The monoisotopic (exact) mass is 256 g/mol. The van der Waals surface area contributed by atoms with E-state index in [1.165, 1.54) is 9.47 Å². The molecule has 1 aromatic heterocycles. The largest absolute Gasteiger partial charge is 0.395 e. The summed E-state index contributed by atoms with van der Waals surface area (Å²) in [6.45, 7) is 5.88. The Hall–Kier alpha value is -1.40. The van der Waals surface area contributed by atoms with Crippen LogP contribution in [0.15, 0.2) is 22.8 Å². The smallest absolute Gasteiger partial charge is 0.307 e. The van der Waals surface area contributed by atoms with Gasteiger partial charge in [-0.1, -0.05) is 17.4 Å². The number of hydrogen-bond acceptors (Lipinski definition) is 4. The van der Waals surface area contributed by atoms with Gasteiger partial charge < -0.3 is 10.0 Å². The topological polar surface area (TPSA) is 62.5 Å². The molecule has 0 spiro atoms. The van der Waals surface area contributed by atoms with Crippen molar-refractivity contribution in [2.24, 2.45) is 0 Å². The van der Waals surface area contributed by atoms with Crippen LogP contribution in [0.1, 0.15) is 5.69 Å². The van der Waals surface area contributed by atoms with Crippen LogP contribution in [0.2, 0.25) is 0 Å². The maximum Gasteiger partial charge on any atom is 0.307 e. The van der Waals surface area contributed by atoms with Crippen LogP contribution in [0.3, 0.4) is 0 Å². The lowest BCUT2D eigenvalue weighted by Crippen LogP contribution is -2.37. The molecule has 5 nitrogen and oxygen atoms in total. The zero-order chi connectivity index (χ0) is 12.8. The summed E-state index contributed by atoms with van der Waals surface area (Å²) in [6, 6.07) is 0. The molecule has 0 unspecified atom stereocenters. The van der Waals surface area contributed by atoms with E-state index in [2.05, 4.69) is 6.58 Å². The average Bonchev–Trinajstić information content (AvgIpc) is 2.60. The fraction of sp³-hybridized carbons (Fsp3) is 0.455. The lowest BCUT2D eigenvalue weighted by atomic mass is 10.4. The van der Waals surface area contributed by atoms with Crippen molar-refractivity contribution in [1.29, 1.82) is 0 Å². The van der Waals surface area contributed by atoms with E-state index in [-0.39, 0.29) is 30.5 Å².